The lowest BCUT2D eigenvalue weighted by Crippen LogP contribution is -2.12. The summed E-state index contributed by atoms with van der Waals surface area (Å²) < 4.78 is 2.40. The van der Waals surface area contributed by atoms with E-state index in [-0.39, 0.29) is 0 Å². The van der Waals surface area contributed by atoms with Gasteiger partial charge in [-0.2, -0.15) is 0 Å². The Hall–Kier alpha value is -1.00. The molecule has 0 aliphatic carbocycles. The maximum atomic E-state index is 3.76. The number of rotatable bonds is 6. The molecule has 2 aromatic rings. The molecule has 0 amide bonds. The average molecular weight is 454 g/mol. The zero-order valence-corrected chi connectivity index (χ0v) is 18.3. The van der Waals surface area contributed by atoms with Gasteiger partial charge in [0.2, 0.25) is 0 Å². The fourth-order valence-corrected chi connectivity index (χ4v) is 4.64. The van der Waals surface area contributed by atoms with Crippen LogP contribution in [-0.4, -0.2) is 21.1 Å². The fourth-order valence-electron chi connectivity index (χ4n) is 3.09. The van der Waals surface area contributed by atoms with Gasteiger partial charge in [-0.15, -0.1) is 0 Å². The first-order chi connectivity index (χ1) is 11.4. The first-order valence-electron chi connectivity index (χ1n) is 8.32. The van der Waals surface area contributed by atoms with Gasteiger partial charge >= 0.3 is 0 Å². The highest BCUT2D eigenvalue weighted by Gasteiger charge is 2.12. The fraction of sp³-hybridized carbons (Fsp3) is 0.400. The summed E-state index contributed by atoms with van der Waals surface area (Å²) in [5, 5.41) is 3.33. The van der Waals surface area contributed by atoms with E-state index in [1.807, 2.05) is 7.05 Å². The van der Waals surface area contributed by atoms with Crippen LogP contribution < -0.4 is 10.2 Å². The van der Waals surface area contributed by atoms with E-state index in [4.69, 9.17) is 0 Å². The molecule has 0 saturated carbocycles. The van der Waals surface area contributed by atoms with Gasteiger partial charge in [-0.25, -0.2) is 0 Å². The molecular formula is C20H26Br2N2. The van der Waals surface area contributed by atoms with Gasteiger partial charge in [0.15, 0.2) is 0 Å². The third-order valence-corrected chi connectivity index (χ3v) is 5.75. The van der Waals surface area contributed by atoms with Crippen molar-refractivity contribution in [2.24, 2.45) is 0 Å². The molecule has 24 heavy (non-hydrogen) atoms. The topological polar surface area (TPSA) is 15.3 Å². The molecule has 2 aromatic carbocycles. The molecule has 4 heteroatoms. The van der Waals surface area contributed by atoms with Crippen molar-refractivity contribution in [2.45, 2.75) is 33.1 Å². The first-order valence-corrected chi connectivity index (χ1v) is 9.91. The van der Waals surface area contributed by atoms with Gasteiger partial charge in [0.25, 0.3) is 0 Å². The number of nitrogens with zero attached hydrogens (tertiary/aromatic N) is 1. The van der Waals surface area contributed by atoms with E-state index in [2.05, 4.69) is 94.3 Å². The Kier molecular flexibility index (Phi) is 6.76. The molecule has 0 bridgehead atoms. The van der Waals surface area contributed by atoms with Crippen LogP contribution in [0.4, 0.5) is 11.4 Å². The Balaban J connectivity index is 2.30. The van der Waals surface area contributed by atoms with E-state index in [9.17, 15) is 0 Å². The normalized spacial score (nSPS) is 10.8. The van der Waals surface area contributed by atoms with E-state index in [1.54, 1.807) is 0 Å². The van der Waals surface area contributed by atoms with Gasteiger partial charge in [0.1, 0.15) is 0 Å². The van der Waals surface area contributed by atoms with Crippen molar-refractivity contribution in [1.29, 1.82) is 0 Å². The van der Waals surface area contributed by atoms with Crippen molar-refractivity contribution in [2.75, 3.05) is 31.4 Å². The Labute approximate surface area is 162 Å². The molecule has 0 saturated heterocycles. The number of aryl methyl sites for hydroxylation is 2. The average Bonchev–Trinajstić information content (AvgIpc) is 2.52. The second kappa shape index (κ2) is 8.39. The minimum atomic E-state index is 1.00. The number of hydrogen-bond acceptors (Lipinski definition) is 2. The van der Waals surface area contributed by atoms with Crippen molar-refractivity contribution in [1.82, 2.24) is 0 Å². The van der Waals surface area contributed by atoms with Gasteiger partial charge < -0.3 is 10.2 Å². The summed E-state index contributed by atoms with van der Waals surface area (Å²) in [5.41, 5.74) is 7.84. The van der Waals surface area contributed by atoms with Crippen molar-refractivity contribution < 1.29 is 0 Å². The van der Waals surface area contributed by atoms with Gasteiger partial charge in [0, 0.05) is 41.5 Å². The smallest absolute Gasteiger partial charge is 0.0407 e. The van der Waals surface area contributed by atoms with Crippen molar-refractivity contribution in [3.05, 3.63) is 55.5 Å². The maximum Gasteiger partial charge on any atom is 0.0407 e. The van der Waals surface area contributed by atoms with E-state index in [1.165, 1.54) is 42.6 Å². The standard InChI is InChI=1S/C20H26Br2N2/c1-6-15-18(22)11-14(12-20(15)24(4)5)7-8-16-17(21)9-13(2)10-19(16)23-3/h9-12,23H,6-8H2,1-5H3. The number of hydrogen-bond donors (Lipinski definition) is 1. The number of benzene rings is 2. The van der Waals surface area contributed by atoms with E-state index in [0.717, 1.165) is 19.3 Å². The van der Waals surface area contributed by atoms with Gasteiger partial charge in [-0.05, 0) is 72.7 Å². The summed E-state index contributed by atoms with van der Waals surface area (Å²) in [6, 6.07) is 9.00. The highest BCUT2D eigenvalue weighted by atomic mass is 79.9. The van der Waals surface area contributed by atoms with Crippen LogP contribution >= 0.6 is 31.9 Å². The molecule has 0 spiro atoms. The summed E-state index contributed by atoms with van der Waals surface area (Å²) in [5.74, 6) is 0. The lowest BCUT2D eigenvalue weighted by atomic mass is 9.99. The van der Waals surface area contributed by atoms with Crippen molar-refractivity contribution in [3.63, 3.8) is 0 Å². The zero-order valence-electron chi connectivity index (χ0n) is 15.1. The predicted octanol–water partition coefficient (Wildman–Crippen LogP) is 5.98. The molecule has 0 fully saturated rings. The van der Waals surface area contributed by atoms with Gasteiger partial charge in [0.05, 0.1) is 0 Å². The number of nitrogens with one attached hydrogen (secondary N) is 1. The van der Waals surface area contributed by atoms with Crippen molar-refractivity contribution >= 4 is 43.2 Å². The van der Waals surface area contributed by atoms with Crippen LogP contribution in [0.3, 0.4) is 0 Å². The van der Waals surface area contributed by atoms with E-state index >= 15 is 0 Å². The third kappa shape index (κ3) is 4.34. The summed E-state index contributed by atoms with van der Waals surface area (Å²) in [4.78, 5) is 2.20. The lowest BCUT2D eigenvalue weighted by Gasteiger charge is -2.20. The van der Waals surface area contributed by atoms with Crippen LogP contribution in [0, 0.1) is 6.92 Å². The molecular weight excluding hydrogens is 428 g/mol. The zero-order chi connectivity index (χ0) is 17.9. The minimum Gasteiger partial charge on any atom is -0.388 e. The number of halogens is 2. The van der Waals surface area contributed by atoms with Crippen LogP contribution in [0.2, 0.25) is 0 Å². The molecule has 0 atom stereocenters. The number of anilines is 2. The largest absolute Gasteiger partial charge is 0.388 e. The third-order valence-electron chi connectivity index (χ3n) is 4.34. The molecule has 0 heterocycles. The Morgan fingerprint density at radius 2 is 1.62 bits per heavy atom. The Morgan fingerprint density at radius 1 is 0.958 bits per heavy atom. The summed E-state index contributed by atoms with van der Waals surface area (Å²) >= 11 is 7.49. The molecule has 1 N–H and O–H groups in total. The quantitative estimate of drug-likeness (QED) is 0.578. The molecule has 0 radical (unpaired) electrons. The van der Waals surface area contributed by atoms with Crippen molar-refractivity contribution in [3.8, 4) is 0 Å². The molecule has 0 aliphatic heterocycles. The Morgan fingerprint density at radius 3 is 2.21 bits per heavy atom. The van der Waals surface area contributed by atoms with Crippen LogP contribution in [0.25, 0.3) is 0 Å². The molecule has 2 rings (SSSR count). The molecule has 0 aliphatic rings. The van der Waals surface area contributed by atoms with Crippen LogP contribution in [0.15, 0.2) is 33.2 Å². The summed E-state index contributed by atoms with van der Waals surface area (Å²) in [7, 11) is 6.21. The first kappa shape index (κ1) is 19.3. The van der Waals surface area contributed by atoms with Gasteiger partial charge in [-0.1, -0.05) is 38.8 Å². The highest BCUT2D eigenvalue weighted by molar-refractivity contribution is 9.10. The predicted molar refractivity (Wildman–Crippen MR) is 114 cm³/mol. The SMILES string of the molecule is CCc1c(Br)cc(CCc2c(Br)cc(C)cc2NC)cc1N(C)C. The molecule has 0 aromatic heterocycles. The summed E-state index contributed by atoms with van der Waals surface area (Å²) in [6.45, 7) is 4.33. The van der Waals surface area contributed by atoms with E-state index in [0.29, 0.717) is 0 Å². The highest BCUT2D eigenvalue weighted by Crippen LogP contribution is 2.32. The minimum absolute atomic E-state index is 1.00. The monoisotopic (exact) mass is 452 g/mol. The lowest BCUT2D eigenvalue weighted by molar-refractivity contribution is 0.944. The van der Waals surface area contributed by atoms with Crippen LogP contribution in [0.5, 0.6) is 0 Å². The maximum absolute atomic E-state index is 3.76. The second-order valence-corrected chi connectivity index (χ2v) is 8.05. The Bertz CT molecular complexity index is 724. The van der Waals surface area contributed by atoms with Crippen LogP contribution in [-0.2, 0) is 19.3 Å². The summed E-state index contributed by atoms with van der Waals surface area (Å²) in [6.07, 6.45) is 3.05. The molecule has 0 unspecified atom stereocenters. The van der Waals surface area contributed by atoms with Gasteiger partial charge in [-0.3, -0.25) is 0 Å². The van der Waals surface area contributed by atoms with E-state index < -0.39 is 0 Å². The second-order valence-electron chi connectivity index (χ2n) is 6.35. The molecule has 130 valence electrons. The molecule has 2 nitrogen and oxygen atoms in total. The van der Waals surface area contributed by atoms with Crippen LogP contribution in [0.1, 0.15) is 29.2 Å².